The SMILES string of the molecule is Nc1nc(/C(=N/OC2(C(=O)OC(=O)C3(O/N=C(\C(=O)N[C@@H]4C(=O)N(S(=O)(=O)O)[C@@H]4CN4CCOC4=O)c4csc(N)n4)CC3)CC2)C(=O)N[C@@H]2C(=O)N(S(=O)(=O)O)[C@@H]2CN2CCOC2=O)cs1. The van der Waals surface area contributed by atoms with E-state index in [4.69, 9.17) is 35.4 Å². The Balaban J connectivity index is 0.950. The van der Waals surface area contributed by atoms with Gasteiger partial charge in [-0.3, -0.25) is 28.3 Å². The number of hydrogen-bond donors (Lipinski definition) is 6. The topological polar surface area (TPSA) is 431 Å². The van der Waals surface area contributed by atoms with Crippen LogP contribution in [0.2, 0.25) is 0 Å². The van der Waals surface area contributed by atoms with Crippen molar-refractivity contribution < 1.29 is 88.2 Å². The number of aromatic nitrogens is 2. The number of oxime groups is 2. The van der Waals surface area contributed by atoms with Gasteiger partial charge in [0.05, 0.1) is 25.2 Å². The molecule has 4 aliphatic heterocycles. The first-order chi connectivity index (χ1) is 31.5. The Morgan fingerprint density at radius 1 is 0.716 bits per heavy atom. The number of β-lactam (4-membered cyclic amide) rings is 2. The van der Waals surface area contributed by atoms with E-state index >= 15 is 0 Å². The number of nitrogens with one attached hydrogen (secondary N) is 2. The van der Waals surface area contributed by atoms with Crippen LogP contribution in [0, 0.1) is 0 Å². The van der Waals surface area contributed by atoms with Gasteiger partial charge < -0.3 is 55.8 Å². The predicted molar refractivity (Wildman–Crippen MR) is 217 cm³/mol. The van der Waals surface area contributed by atoms with Crippen molar-refractivity contribution in [2.24, 2.45) is 10.3 Å². The summed E-state index contributed by atoms with van der Waals surface area (Å²) in [7, 11) is -10.3. The Morgan fingerprint density at radius 2 is 1.09 bits per heavy atom. The first-order valence-corrected chi connectivity index (χ1v) is 23.9. The third-order valence-corrected chi connectivity index (χ3v) is 14.1. The molecule has 67 heavy (non-hydrogen) atoms. The zero-order valence-corrected chi connectivity index (χ0v) is 37.0. The molecule has 4 atom stereocenters. The second kappa shape index (κ2) is 17.1. The maximum Gasteiger partial charge on any atom is 0.410 e. The van der Waals surface area contributed by atoms with Crippen molar-refractivity contribution in [2.45, 2.75) is 61.1 Å². The average molecular weight is 1020 g/mol. The number of esters is 2. The summed E-state index contributed by atoms with van der Waals surface area (Å²) in [5, 5.41) is 14.5. The Morgan fingerprint density at radius 3 is 1.37 bits per heavy atom. The van der Waals surface area contributed by atoms with Crippen molar-refractivity contribution in [3.63, 3.8) is 0 Å². The lowest BCUT2D eigenvalue weighted by Gasteiger charge is -2.45. The number of anilines is 2. The number of cyclic esters (lactones) is 2. The second-order valence-electron chi connectivity index (χ2n) is 15.3. The molecule has 2 saturated carbocycles. The second-order valence-corrected chi connectivity index (χ2v) is 19.6. The molecular weight excluding hydrogens is 985 g/mol. The van der Waals surface area contributed by atoms with Gasteiger partial charge in [0.1, 0.15) is 36.7 Å². The van der Waals surface area contributed by atoms with Crippen LogP contribution in [-0.4, -0.2) is 188 Å². The summed E-state index contributed by atoms with van der Waals surface area (Å²) >= 11 is 1.71. The van der Waals surface area contributed by atoms with Crippen molar-refractivity contribution in [1.29, 1.82) is 0 Å². The van der Waals surface area contributed by atoms with Crippen molar-refractivity contribution in [3.8, 4) is 0 Å². The minimum Gasteiger partial charge on any atom is -0.448 e. The molecule has 360 valence electrons. The van der Waals surface area contributed by atoms with Gasteiger partial charge in [-0.1, -0.05) is 10.3 Å². The molecular formula is C32H34N12O19S4. The Labute approximate surface area is 383 Å². The van der Waals surface area contributed by atoms with E-state index in [0.29, 0.717) is 0 Å². The first kappa shape index (κ1) is 46.7. The third-order valence-electron chi connectivity index (χ3n) is 10.8. The fraction of sp³-hybridized carbons (Fsp3) is 0.500. The summed E-state index contributed by atoms with van der Waals surface area (Å²) in [6.45, 7) is -1.01. The van der Waals surface area contributed by atoms with Crippen molar-refractivity contribution in [1.82, 2.24) is 39.0 Å². The quantitative estimate of drug-likeness (QED) is 0.0157. The van der Waals surface area contributed by atoms with E-state index in [-0.39, 0.29) is 82.2 Å². The molecule has 0 aromatic carbocycles. The van der Waals surface area contributed by atoms with Crippen LogP contribution in [-0.2, 0) is 73.3 Å². The van der Waals surface area contributed by atoms with Gasteiger partial charge in [0, 0.05) is 49.5 Å². The van der Waals surface area contributed by atoms with E-state index in [9.17, 15) is 64.3 Å². The molecule has 6 heterocycles. The number of nitrogen functional groups attached to an aromatic ring is 2. The highest BCUT2D eigenvalue weighted by Crippen LogP contribution is 2.45. The van der Waals surface area contributed by atoms with Crippen LogP contribution in [0.1, 0.15) is 37.1 Å². The van der Waals surface area contributed by atoms with E-state index < -0.39 is 128 Å². The molecule has 31 nitrogen and oxygen atoms in total. The average Bonchev–Trinajstić information content (AvgIpc) is 3.98. The van der Waals surface area contributed by atoms with Crippen molar-refractivity contribution >= 4 is 113 Å². The highest BCUT2D eigenvalue weighted by Gasteiger charge is 2.62. The number of thiazole rings is 2. The zero-order chi connectivity index (χ0) is 48.4. The van der Waals surface area contributed by atoms with Crippen LogP contribution in [0.5, 0.6) is 0 Å². The van der Waals surface area contributed by atoms with Gasteiger partial charge in [-0.25, -0.2) is 37.8 Å². The van der Waals surface area contributed by atoms with Crippen LogP contribution < -0.4 is 22.1 Å². The molecule has 6 aliphatic rings. The Bertz CT molecular complexity index is 2590. The molecule has 4 saturated heterocycles. The predicted octanol–water partition coefficient (Wildman–Crippen LogP) is -4.06. The van der Waals surface area contributed by atoms with E-state index in [1.165, 1.54) is 10.8 Å². The van der Waals surface area contributed by atoms with Gasteiger partial charge in [0.15, 0.2) is 21.7 Å². The standard InChI is InChI=1S/C32H34N12O19S4/c33-27-35-13(11-64-27)17(21(45)37-19-15(9-41-5-7-59-29(41)51)43(23(19)47)66(53,54)55)39-62-31(1-2-31)25(49)61-26(50)32(3-4-32)63-40-18(14-12-65-28(34)36-14)22(46)38-20-16(10-42-6-8-60-30(42)52)44(24(20)48)67(56,57)58/h11-12,15-16,19-20H,1-10H2,(H2,33,35)(H2,34,36)(H,37,45)(H,38,46)(H,53,54,55)(H,56,57,58)/b39-17-,40-18-/t15-,16-,19+,20+/m1/s1. The van der Waals surface area contributed by atoms with Gasteiger partial charge in [-0.2, -0.15) is 16.8 Å². The molecule has 35 heteroatoms. The molecule has 0 bridgehead atoms. The molecule has 6 amide bonds. The third kappa shape index (κ3) is 9.18. The summed E-state index contributed by atoms with van der Waals surface area (Å²) in [5.74, 6) is -7.57. The summed E-state index contributed by atoms with van der Waals surface area (Å²) in [6.07, 6.45) is -2.10. The summed E-state index contributed by atoms with van der Waals surface area (Å²) in [4.78, 5) is 125. The number of ether oxygens (including phenoxy) is 3. The maximum atomic E-state index is 13.7. The number of rotatable bonds is 18. The molecule has 8 rings (SSSR count). The number of carbonyl (C=O) groups excluding carboxylic acids is 8. The van der Waals surface area contributed by atoms with Crippen molar-refractivity contribution in [2.75, 3.05) is 50.9 Å². The van der Waals surface area contributed by atoms with Crippen molar-refractivity contribution in [3.05, 3.63) is 22.1 Å². The Kier molecular flexibility index (Phi) is 11.9. The van der Waals surface area contributed by atoms with Crippen LogP contribution in [0.15, 0.2) is 21.1 Å². The summed E-state index contributed by atoms with van der Waals surface area (Å²) in [6, 6.07) is -6.27. The van der Waals surface area contributed by atoms with E-state index in [1.54, 1.807) is 0 Å². The molecule has 2 aliphatic carbocycles. The number of nitrogens with two attached hydrogens (primary N) is 2. The van der Waals surface area contributed by atoms with Gasteiger partial charge in [0.2, 0.25) is 11.2 Å². The molecule has 2 aromatic rings. The smallest absolute Gasteiger partial charge is 0.410 e. The van der Waals surface area contributed by atoms with E-state index in [0.717, 1.165) is 32.5 Å². The van der Waals surface area contributed by atoms with Crippen LogP contribution >= 0.6 is 22.7 Å². The molecule has 0 unspecified atom stereocenters. The van der Waals surface area contributed by atoms with Gasteiger partial charge in [-0.05, 0) is 0 Å². The van der Waals surface area contributed by atoms with E-state index in [2.05, 4.69) is 30.9 Å². The summed E-state index contributed by atoms with van der Waals surface area (Å²) in [5.41, 5.74) is 5.75. The molecule has 8 N–H and O–H groups in total. The lowest BCUT2D eigenvalue weighted by Crippen LogP contribution is -2.74. The maximum absolute atomic E-state index is 13.7. The van der Waals surface area contributed by atoms with Crippen LogP contribution in [0.4, 0.5) is 19.9 Å². The van der Waals surface area contributed by atoms with Gasteiger partial charge >= 0.3 is 44.7 Å². The molecule has 6 fully saturated rings. The fourth-order valence-electron chi connectivity index (χ4n) is 6.97. The minimum atomic E-state index is -5.15. The largest absolute Gasteiger partial charge is 0.448 e. The molecule has 0 radical (unpaired) electrons. The molecule has 2 aromatic heterocycles. The minimum absolute atomic E-state index is 0.0122. The van der Waals surface area contributed by atoms with Crippen LogP contribution in [0.3, 0.4) is 0 Å². The first-order valence-electron chi connectivity index (χ1n) is 19.3. The number of carbonyl (C=O) groups is 8. The number of nitrogens with zero attached hydrogens (tertiary/aromatic N) is 8. The lowest BCUT2D eigenvalue weighted by atomic mass is 9.97. The normalized spacial score (nSPS) is 24.3. The van der Waals surface area contributed by atoms with E-state index in [1.807, 2.05) is 0 Å². The summed E-state index contributed by atoms with van der Waals surface area (Å²) < 4.78 is 82.3. The van der Waals surface area contributed by atoms with Gasteiger partial charge in [0.25, 0.3) is 23.6 Å². The lowest BCUT2D eigenvalue weighted by molar-refractivity contribution is -0.179. The Hall–Kier alpha value is -6.82. The highest BCUT2D eigenvalue weighted by atomic mass is 32.2. The fourth-order valence-corrected chi connectivity index (χ4v) is 9.80. The zero-order valence-electron chi connectivity index (χ0n) is 33.7. The number of amides is 6. The van der Waals surface area contributed by atoms with Crippen LogP contribution in [0.25, 0.3) is 0 Å². The van der Waals surface area contributed by atoms with Gasteiger partial charge in [-0.15, -0.1) is 22.7 Å². The molecule has 0 spiro atoms. The highest BCUT2D eigenvalue weighted by molar-refractivity contribution is 7.84. The monoisotopic (exact) mass is 1020 g/mol. The number of hydrogen-bond acceptors (Lipinski definition) is 25.